The normalized spacial score (nSPS) is 10.2. The molecule has 0 atom stereocenters. The minimum absolute atomic E-state index is 0.0570. The van der Waals surface area contributed by atoms with Gasteiger partial charge in [0, 0.05) is 31.1 Å². The van der Waals surface area contributed by atoms with Crippen LogP contribution in [0.3, 0.4) is 0 Å². The van der Waals surface area contributed by atoms with Crippen LogP contribution >= 0.6 is 0 Å². The molecule has 0 fully saturated rings. The number of phenols is 1. The summed E-state index contributed by atoms with van der Waals surface area (Å²) in [5, 5.41) is 17.9. The maximum Gasteiger partial charge on any atom is 0.303 e. The van der Waals surface area contributed by atoms with Gasteiger partial charge in [-0.2, -0.15) is 0 Å². The number of carbonyl (C=O) groups is 2. The van der Waals surface area contributed by atoms with E-state index in [0.717, 1.165) is 0 Å². The molecular formula is C14H19NO4. The van der Waals surface area contributed by atoms with E-state index in [1.54, 1.807) is 29.2 Å². The fraction of sp³-hybridized carbons (Fsp3) is 0.429. The van der Waals surface area contributed by atoms with Gasteiger partial charge >= 0.3 is 5.97 Å². The van der Waals surface area contributed by atoms with Gasteiger partial charge in [-0.05, 0) is 31.9 Å². The van der Waals surface area contributed by atoms with Crippen LogP contribution in [0.25, 0.3) is 0 Å². The molecule has 5 heteroatoms. The van der Waals surface area contributed by atoms with Crippen LogP contribution in [0.5, 0.6) is 5.75 Å². The number of benzene rings is 1. The molecule has 0 heterocycles. The van der Waals surface area contributed by atoms with Gasteiger partial charge in [-0.25, -0.2) is 0 Å². The molecule has 1 aromatic rings. The molecule has 0 unspecified atom stereocenters. The Labute approximate surface area is 112 Å². The van der Waals surface area contributed by atoms with Crippen molar-refractivity contribution in [1.82, 2.24) is 0 Å². The summed E-state index contributed by atoms with van der Waals surface area (Å²) in [6, 6.07) is 6.54. The van der Waals surface area contributed by atoms with E-state index in [1.165, 1.54) is 0 Å². The van der Waals surface area contributed by atoms with E-state index >= 15 is 0 Å². The first-order chi connectivity index (χ1) is 9.04. The highest BCUT2D eigenvalue weighted by Crippen LogP contribution is 2.21. The monoisotopic (exact) mass is 265 g/mol. The SMILES string of the molecule is CCN(C(=O)CCCCC(=O)O)c1cccc(O)c1. The van der Waals surface area contributed by atoms with Gasteiger partial charge in [0.25, 0.3) is 0 Å². The van der Waals surface area contributed by atoms with Crippen LogP contribution in [0.4, 0.5) is 5.69 Å². The number of rotatable bonds is 7. The molecule has 2 N–H and O–H groups in total. The minimum Gasteiger partial charge on any atom is -0.508 e. The molecule has 0 saturated carbocycles. The van der Waals surface area contributed by atoms with E-state index in [1.807, 2.05) is 6.92 Å². The third-order valence-corrected chi connectivity index (χ3v) is 2.79. The number of nitrogens with zero attached hydrogens (tertiary/aromatic N) is 1. The zero-order chi connectivity index (χ0) is 14.3. The van der Waals surface area contributed by atoms with Gasteiger partial charge in [-0.15, -0.1) is 0 Å². The first-order valence-corrected chi connectivity index (χ1v) is 6.35. The van der Waals surface area contributed by atoms with Gasteiger partial charge in [0.1, 0.15) is 5.75 Å². The number of carbonyl (C=O) groups excluding carboxylic acids is 1. The van der Waals surface area contributed by atoms with Crippen molar-refractivity contribution in [3.05, 3.63) is 24.3 Å². The number of carboxylic acid groups (broad SMARTS) is 1. The van der Waals surface area contributed by atoms with Crippen LogP contribution in [0.15, 0.2) is 24.3 Å². The van der Waals surface area contributed by atoms with E-state index in [4.69, 9.17) is 5.11 Å². The molecular weight excluding hydrogens is 246 g/mol. The molecule has 0 bridgehead atoms. The number of amides is 1. The van der Waals surface area contributed by atoms with Gasteiger partial charge in [0.05, 0.1) is 0 Å². The van der Waals surface area contributed by atoms with E-state index in [2.05, 4.69) is 0 Å². The predicted octanol–water partition coefficient (Wildman–Crippen LogP) is 2.39. The fourth-order valence-corrected chi connectivity index (χ4v) is 1.85. The summed E-state index contributed by atoms with van der Waals surface area (Å²) < 4.78 is 0. The second kappa shape index (κ2) is 7.41. The molecule has 0 radical (unpaired) electrons. The molecule has 0 aliphatic rings. The van der Waals surface area contributed by atoms with Crippen molar-refractivity contribution in [1.29, 1.82) is 0 Å². The lowest BCUT2D eigenvalue weighted by Gasteiger charge is -2.21. The van der Waals surface area contributed by atoms with Crippen LogP contribution in [-0.4, -0.2) is 28.6 Å². The van der Waals surface area contributed by atoms with E-state index in [9.17, 15) is 14.7 Å². The zero-order valence-corrected chi connectivity index (χ0v) is 11.0. The molecule has 1 aromatic carbocycles. The quantitative estimate of drug-likeness (QED) is 0.742. The minimum atomic E-state index is -0.840. The van der Waals surface area contributed by atoms with Gasteiger partial charge in [-0.3, -0.25) is 9.59 Å². The van der Waals surface area contributed by atoms with Gasteiger partial charge in [0.15, 0.2) is 0 Å². The molecule has 19 heavy (non-hydrogen) atoms. The van der Waals surface area contributed by atoms with Crippen molar-refractivity contribution in [2.75, 3.05) is 11.4 Å². The van der Waals surface area contributed by atoms with E-state index in [0.29, 0.717) is 31.5 Å². The Kier molecular flexibility index (Phi) is 5.85. The van der Waals surface area contributed by atoms with Crippen LogP contribution in [0.2, 0.25) is 0 Å². The number of hydrogen-bond donors (Lipinski definition) is 2. The Morgan fingerprint density at radius 1 is 1.21 bits per heavy atom. The summed E-state index contributed by atoms with van der Waals surface area (Å²) in [4.78, 5) is 24.0. The highest BCUT2D eigenvalue weighted by molar-refractivity contribution is 5.93. The van der Waals surface area contributed by atoms with Crippen LogP contribution in [0, 0.1) is 0 Å². The Hall–Kier alpha value is -2.04. The van der Waals surface area contributed by atoms with Gasteiger partial charge < -0.3 is 15.1 Å². The maximum atomic E-state index is 12.0. The molecule has 0 aliphatic heterocycles. The average Bonchev–Trinajstić information content (AvgIpc) is 2.35. The van der Waals surface area contributed by atoms with Crippen molar-refractivity contribution < 1.29 is 19.8 Å². The van der Waals surface area contributed by atoms with Crippen molar-refractivity contribution in [3.63, 3.8) is 0 Å². The Morgan fingerprint density at radius 3 is 2.47 bits per heavy atom. The molecule has 0 aliphatic carbocycles. The molecule has 1 rings (SSSR count). The van der Waals surface area contributed by atoms with Gasteiger partial charge in [-0.1, -0.05) is 6.07 Å². The number of aliphatic carboxylic acids is 1. The summed E-state index contributed by atoms with van der Waals surface area (Å²) in [5.41, 5.74) is 0.658. The van der Waals surface area contributed by atoms with Crippen molar-refractivity contribution >= 4 is 17.6 Å². The summed E-state index contributed by atoms with van der Waals surface area (Å²) >= 11 is 0. The summed E-state index contributed by atoms with van der Waals surface area (Å²) in [5.74, 6) is -0.777. The summed E-state index contributed by atoms with van der Waals surface area (Å²) in [6.07, 6.45) is 1.46. The standard InChI is InChI=1S/C14H19NO4/c1-2-15(11-6-5-7-12(16)10-11)13(17)8-3-4-9-14(18)19/h5-7,10,16H,2-4,8-9H2,1H3,(H,18,19). The number of unbranched alkanes of at least 4 members (excludes halogenated alkanes) is 1. The number of aromatic hydroxyl groups is 1. The lowest BCUT2D eigenvalue weighted by Crippen LogP contribution is -2.30. The first-order valence-electron chi connectivity index (χ1n) is 6.35. The molecule has 5 nitrogen and oxygen atoms in total. The molecule has 0 saturated heterocycles. The highest BCUT2D eigenvalue weighted by atomic mass is 16.4. The van der Waals surface area contributed by atoms with Crippen molar-refractivity contribution in [2.24, 2.45) is 0 Å². The van der Waals surface area contributed by atoms with E-state index < -0.39 is 5.97 Å². The second-order valence-corrected chi connectivity index (χ2v) is 4.26. The van der Waals surface area contributed by atoms with E-state index in [-0.39, 0.29) is 18.1 Å². The molecule has 0 spiro atoms. The van der Waals surface area contributed by atoms with Gasteiger partial charge in [0.2, 0.25) is 5.91 Å². The fourth-order valence-electron chi connectivity index (χ4n) is 1.85. The topological polar surface area (TPSA) is 77.8 Å². The van der Waals surface area contributed by atoms with Crippen LogP contribution in [0.1, 0.15) is 32.6 Å². The smallest absolute Gasteiger partial charge is 0.303 e. The largest absolute Gasteiger partial charge is 0.508 e. The Balaban J connectivity index is 2.55. The van der Waals surface area contributed by atoms with Crippen molar-refractivity contribution in [2.45, 2.75) is 32.6 Å². The third kappa shape index (κ3) is 4.99. The van der Waals surface area contributed by atoms with Crippen LogP contribution < -0.4 is 4.90 Å². The maximum absolute atomic E-state index is 12.0. The highest BCUT2D eigenvalue weighted by Gasteiger charge is 2.13. The number of phenolic OH excluding ortho intramolecular Hbond substituents is 1. The Morgan fingerprint density at radius 2 is 1.89 bits per heavy atom. The second-order valence-electron chi connectivity index (χ2n) is 4.26. The number of carboxylic acids is 1. The average molecular weight is 265 g/mol. The molecule has 0 aromatic heterocycles. The number of hydrogen-bond acceptors (Lipinski definition) is 3. The molecule has 1 amide bonds. The lowest BCUT2D eigenvalue weighted by molar-refractivity contribution is -0.137. The third-order valence-electron chi connectivity index (χ3n) is 2.79. The number of anilines is 1. The summed E-state index contributed by atoms with van der Waals surface area (Å²) in [6.45, 7) is 2.38. The zero-order valence-electron chi connectivity index (χ0n) is 11.0. The van der Waals surface area contributed by atoms with Crippen molar-refractivity contribution in [3.8, 4) is 5.75 Å². The first kappa shape index (κ1) is 15.0. The summed E-state index contributed by atoms with van der Waals surface area (Å²) in [7, 11) is 0. The van der Waals surface area contributed by atoms with Crippen LogP contribution in [-0.2, 0) is 9.59 Å². The predicted molar refractivity (Wildman–Crippen MR) is 72.2 cm³/mol. The Bertz CT molecular complexity index is 445. The lowest BCUT2D eigenvalue weighted by atomic mass is 10.1. The molecule has 104 valence electrons.